The molecule has 3 unspecified atom stereocenters. The Morgan fingerprint density at radius 3 is 2.23 bits per heavy atom. The number of rotatable bonds is 7. The van der Waals surface area contributed by atoms with Crippen LogP contribution in [0.1, 0.15) is 67.7 Å². The van der Waals surface area contributed by atoms with Crippen molar-refractivity contribution in [1.29, 1.82) is 0 Å². The van der Waals surface area contributed by atoms with Gasteiger partial charge >= 0.3 is 6.09 Å². The van der Waals surface area contributed by atoms with Crippen molar-refractivity contribution >= 4 is 20.2 Å². The summed E-state index contributed by atoms with van der Waals surface area (Å²) < 4.78 is 12.8. The van der Waals surface area contributed by atoms with Crippen molar-refractivity contribution in [1.82, 2.24) is 4.90 Å². The third-order valence-corrected chi connectivity index (χ3v) is 11.2. The van der Waals surface area contributed by atoms with Crippen LogP contribution in [0.4, 0.5) is 4.79 Å². The van der Waals surface area contributed by atoms with Crippen LogP contribution < -0.4 is 5.73 Å². The largest absolute Gasteiger partial charge is 0.465 e. The van der Waals surface area contributed by atoms with Crippen molar-refractivity contribution in [2.24, 2.45) is 16.3 Å². The summed E-state index contributed by atoms with van der Waals surface area (Å²) >= 11 is 0. The van der Waals surface area contributed by atoms with Gasteiger partial charge in [-0.25, -0.2) is 4.79 Å². The van der Waals surface area contributed by atoms with Gasteiger partial charge in [-0.15, -0.1) is 0 Å². The molecule has 0 aromatic carbocycles. The Bertz CT molecular complexity index is 617. The zero-order valence-electron chi connectivity index (χ0n) is 20.3. The molecule has 0 aromatic heterocycles. The van der Waals surface area contributed by atoms with Crippen molar-refractivity contribution in [2.45, 2.75) is 104 Å². The second-order valence-corrected chi connectivity index (χ2v) is 15.8. The molecule has 1 fully saturated rings. The number of nitrogens with zero attached hydrogens (tertiary/aromatic N) is 2. The van der Waals surface area contributed by atoms with Gasteiger partial charge in [-0.1, -0.05) is 32.9 Å². The summed E-state index contributed by atoms with van der Waals surface area (Å²) in [6.07, 6.45) is 0.872. The Morgan fingerprint density at radius 1 is 1.33 bits per heavy atom. The third kappa shape index (κ3) is 6.10. The number of hydrogen-bond donors (Lipinski definition) is 3. The van der Waals surface area contributed by atoms with E-state index in [1.54, 1.807) is 0 Å². The highest BCUT2D eigenvalue weighted by atomic mass is 28.4. The highest BCUT2D eigenvalue weighted by molar-refractivity contribution is 6.74. The number of carbonyl (C=O) groups is 1. The number of nitrogens with two attached hydrogens (primary N) is 1. The van der Waals surface area contributed by atoms with Gasteiger partial charge < -0.3 is 30.1 Å². The Hall–Kier alpha value is -1.32. The van der Waals surface area contributed by atoms with E-state index in [1.807, 2.05) is 20.8 Å². The Kier molecular flexibility index (Phi) is 8.41. The lowest BCUT2D eigenvalue weighted by atomic mass is 9.77. The highest BCUT2D eigenvalue weighted by Gasteiger charge is 2.47. The molecule has 1 rings (SSSR count). The van der Waals surface area contributed by atoms with Crippen LogP contribution in [0.2, 0.25) is 18.1 Å². The van der Waals surface area contributed by atoms with E-state index in [0.717, 1.165) is 6.42 Å². The SMILES string of the molecule is CCC(O[Si](C)(C)C(C)(C)C)C1CCC(CN(C(=O)O)C(C)(C)C)(C(N)=NO)CO1. The molecule has 0 radical (unpaired) electrons. The topological polar surface area (TPSA) is 118 Å². The van der Waals surface area contributed by atoms with Gasteiger partial charge in [-0.05, 0) is 58.2 Å². The van der Waals surface area contributed by atoms with Gasteiger partial charge in [0.1, 0.15) is 5.84 Å². The summed E-state index contributed by atoms with van der Waals surface area (Å²) in [5, 5.41) is 22.4. The van der Waals surface area contributed by atoms with E-state index in [0.29, 0.717) is 12.8 Å². The summed E-state index contributed by atoms with van der Waals surface area (Å²) in [4.78, 5) is 13.2. The van der Waals surface area contributed by atoms with E-state index in [9.17, 15) is 15.1 Å². The number of carboxylic acid groups (broad SMARTS) is 1. The molecule has 3 atom stereocenters. The lowest BCUT2D eigenvalue weighted by Crippen LogP contribution is -2.58. The van der Waals surface area contributed by atoms with E-state index >= 15 is 0 Å². The minimum atomic E-state index is -1.96. The van der Waals surface area contributed by atoms with Crippen molar-refractivity contribution in [3.63, 3.8) is 0 Å². The standard InChI is InChI=1S/C21H43N3O5Si/c1-10-15(29-30(8,9)20(5,6)7)16-11-12-21(14-28-16,17(22)23-27)13-24(18(25)26)19(2,3)4/h15-16,27H,10-14H2,1-9H3,(H2,22,23)(H,25,26). The second-order valence-electron chi connectivity index (χ2n) is 11.0. The normalized spacial score (nSPS) is 25.1. The maximum Gasteiger partial charge on any atom is 0.407 e. The highest BCUT2D eigenvalue weighted by Crippen LogP contribution is 2.41. The summed E-state index contributed by atoms with van der Waals surface area (Å²) in [5.41, 5.74) is 4.57. The van der Waals surface area contributed by atoms with Crippen molar-refractivity contribution in [3.05, 3.63) is 0 Å². The quantitative estimate of drug-likeness (QED) is 0.175. The maximum atomic E-state index is 11.9. The van der Waals surface area contributed by atoms with E-state index in [4.69, 9.17) is 14.9 Å². The fourth-order valence-corrected chi connectivity index (χ4v) is 4.95. The Balaban J connectivity index is 3.05. The first-order valence-corrected chi connectivity index (χ1v) is 13.7. The molecule has 0 saturated carbocycles. The van der Waals surface area contributed by atoms with Gasteiger partial charge in [0.2, 0.25) is 0 Å². The molecule has 30 heavy (non-hydrogen) atoms. The van der Waals surface area contributed by atoms with Gasteiger partial charge in [-0.3, -0.25) is 0 Å². The van der Waals surface area contributed by atoms with E-state index in [2.05, 4.69) is 45.9 Å². The van der Waals surface area contributed by atoms with Crippen molar-refractivity contribution in [2.75, 3.05) is 13.2 Å². The molecule has 0 bridgehead atoms. The van der Waals surface area contributed by atoms with Gasteiger partial charge in [0.15, 0.2) is 8.32 Å². The van der Waals surface area contributed by atoms with Gasteiger partial charge in [0.25, 0.3) is 0 Å². The number of amides is 1. The molecule has 176 valence electrons. The summed E-state index contributed by atoms with van der Waals surface area (Å²) in [6.45, 7) is 19.0. The number of hydrogen-bond acceptors (Lipinski definition) is 5. The van der Waals surface area contributed by atoms with Crippen LogP contribution in [0, 0.1) is 5.41 Å². The van der Waals surface area contributed by atoms with Crippen molar-refractivity contribution < 1.29 is 24.3 Å². The molecule has 1 saturated heterocycles. The molecule has 1 aliphatic heterocycles. The second kappa shape index (κ2) is 9.44. The van der Waals surface area contributed by atoms with Crippen LogP contribution >= 0.6 is 0 Å². The van der Waals surface area contributed by atoms with E-state index in [-0.39, 0.29) is 36.2 Å². The fraction of sp³-hybridized carbons (Fsp3) is 0.905. The molecular weight excluding hydrogens is 402 g/mol. The Labute approximate surface area is 182 Å². The zero-order chi connectivity index (χ0) is 23.5. The van der Waals surface area contributed by atoms with Crippen LogP contribution in [-0.4, -0.2) is 66.4 Å². The minimum absolute atomic E-state index is 0.00909. The molecule has 8 nitrogen and oxygen atoms in total. The average molecular weight is 446 g/mol. The smallest absolute Gasteiger partial charge is 0.407 e. The van der Waals surface area contributed by atoms with Gasteiger partial charge in [0, 0.05) is 12.1 Å². The summed E-state index contributed by atoms with van der Waals surface area (Å²) in [7, 11) is -1.96. The molecule has 1 heterocycles. The van der Waals surface area contributed by atoms with Gasteiger partial charge in [0.05, 0.1) is 24.2 Å². The predicted octanol–water partition coefficient (Wildman–Crippen LogP) is 4.48. The molecule has 9 heteroatoms. The lowest BCUT2D eigenvalue weighted by Gasteiger charge is -2.47. The first-order chi connectivity index (χ1) is 13.5. The average Bonchev–Trinajstić information content (AvgIpc) is 2.62. The number of oxime groups is 1. The van der Waals surface area contributed by atoms with E-state index in [1.165, 1.54) is 4.90 Å². The lowest BCUT2D eigenvalue weighted by molar-refractivity contribution is -0.0979. The minimum Gasteiger partial charge on any atom is -0.465 e. The van der Waals surface area contributed by atoms with Crippen LogP contribution in [0.25, 0.3) is 0 Å². The van der Waals surface area contributed by atoms with Crippen LogP contribution in [0.5, 0.6) is 0 Å². The molecule has 0 spiro atoms. The molecule has 0 aromatic rings. The monoisotopic (exact) mass is 445 g/mol. The van der Waals surface area contributed by atoms with Crippen LogP contribution in [-0.2, 0) is 9.16 Å². The van der Waals surface area contributed by atoms with Crippen molar-refractivity contribution in [3.8, 4) is 0 Å². The number of ether oxygens (including phenoxy) is 1. The molecular formula is C21H43N3O5Si. The molecule has 1 aliphatic rings. The maximum absolute atomic E-state index is 11.9. The third-order valence-electron chi connectivity index (χ3n) is 6.70. The predicted molar refractivity (Wildman–Crippen MR) is 122 cm³/mol. The summed E-state index contributed by atoms with van der Waals surface area (Å²) in [5.74, 6) is 0.00909. The molecule has 0 aliphatic carbocycles. The first-order valence-electron chi connectivity index (χ1n) is 10.8. The van der Waals surface area contributed by atoms with Gasteiger partial charge in [-0.2, -0.15) is 0 Å². The zero-order valence-corrected chi connectivity index (χ0v) is 21.3. The van der Waals surface area contributed by atoms with E-state index < -0.39 is 25.4 Å². The Morgan fingerprint density at radius 2 is 1.90 bits per heavy atom. The first kappa shape index (κ1) is 26.7. The molecule has 4 N–H and O–H groups in total. The molecule has 1 amide bonds. The van der Waals surface area contributed by atoms with Crippen LogP contribution in [0.3, 0.4) is 0 Å². The number of amidine groups is 1. The fourth-order valence-electron chi connectivity index (χ4n) is 3.52. The summed E-state index contributed by atoms with van der Waals surface area (Å²) in [6, 6.07) is 0. The van der Waals surface area contributed by atoms with Crippen LogP contribution in [0.15, 0.2) is 5.16 Å².